The van der Waals surface area contributed by atoms with Gasteiger partial charge in [-0.15, -0.1) is 11.3 Å². The van der Waals surface area contributed by atoms with E-state index in [0.29, 0.717) is 6.54 Å². The van der Waals surface area contributed by atoms with E-state index in [4.69, 9.17) is 4.98 Å². The van der Waals surface area contributed by atoms with Crippen LogP contribution in [0.5, 0.6) is 0 Å². The summed E-state index contributed by atoms with van der Waals surface area (Å²) in [6.45, 7) is 2.55. The number of allylic oxidation sites excluding steroid dienone is 1. The molecule has 5 rings (SSSR count). The van der Waals surface area contributed by atoms with Crippen LogP contribution in [0.3, 0.4) is 0 Å². The zero-order valence-electron chi connectivity index (χ0n) is 15.1. The highest BCUT2D eigenvalue weighted by atomic mass is 32.1. The Kier molecular flexibility index (Phi) is 4.26. The van der Waals surface area contributed by atoms with Crippen LogP contribution >= 0.6 is 11.3 Å². The van der Waals surface area contributed by atoms with E-state index in [0.717, 1.165) is 54.0 Å². The molecule has 0 saturated heterocycles. The van der Waals surface area contributed by atoms with Gasteiger partial charge in [0.05, 0.1) is 11.9 Å². The van der Waals surface area contributed by atoms with E-state index < -0.39 is 0 Å². The first kappa shape index (κ1) is 16.7. The second kappa shape index (κ2) is 6.91. The smallest absolute Gasteiger partial charge is 0.260 e. The predicted octanol–water partition coefficient (Wildman–Crippen LogP) is 4.23. The summed E-state index contributed by atoms with van der Waals surface area (Å²) < 4.78 is 0. The number of nitrogens with zero attached hydrogens (tertiary/aromatic N) is 2. The lowest BCUT2D eigenvalue weighted by molar-refractivity contribution is 0.286. The van der Waals surface area contributed by atoms with Crippen LogP contribution in [-0.2, 0) is 13.0 Å². The Hall–Kier alpha value is -2.50. The molecule has 1 aromatic carbocycles. The van der Waals surface area contributed by atoms with E-state index in [1.165, 1.54) is 16.0 Å². The summed E-state index contributed by atoms with van der Waals surface area (Å²) in [4.78, 5) is 25.0. The zero-order chi connectivity index (χ0) is 18.2. The number of aromatic amines is 1. The first-order valence-corrected chi connectivity index (χ1v) is 10.3. The molecule has 5 heteroatoms. The quantitative estimate of drug-likeness (QED) is 0.745. The largest absolute Gasteiger partial charge is 0.309 e. The van der Waals surface area contributed by atoms with Crippen LogP contribution in [0.25, 0.3) is 21.9 Å². The van der Waals surface area contributed by atoms with Crippen molar-refractivity contribution in [2.75, 3.05) is 13.1 Å². The number of rotatable bonds is 3. The molecule has 2 aromatic heterocycles. The molecule has 3 aromatic rings. The molecule has 2 aliphatic rings. The average Bonchev–Trinajstić information content (AvgIpc) is 3.08. The number of nitrogens with one attached hydrogen (secondary N) is 1. The molecule has 0 atom stereocenters. The molecule has 0 amide bonds. The Balaban J connectivity index is 1.37. The fourth-order valence-corrected chi connectivity index (χ4v) is 5.15. The number of aromatic nitrogens is 2. The lowest BCUT2D eigenvalue weighted by Gasteiger charge is -2.25. The Bertz CT molecular complexity index is 1110. The van der Waals surface area contributed by atoms with Gasteiger partial charge in [0.15, 0.2) is 0 Å². The van der Waals surface area contributed by atoms with E-state index in [2.05, 4.69) is 58.4 Å². The van der Waals surface area contributed by atoms with Crippen LogP contribution in [0, 0.1) is 0 Å². The number of hydrogen-bond donors (Lipinski definition) is 1. The maximum absolute atomic E-state index is 12.7. The first-order chi connectivity index (χ1) is 13.3. The van der Waals surface area contributed by atoms with E-state index in [9.17, 15) is 4.79 Å². The maximum Gasteiger partial charge on any atom is 0.260 e. The number of thiophene rings is 1. The van der Waals surface area contributed by atoms with Gasteiger partial charge >= 0.3 is 0 Å². The van der Waals surface area contributed by atoms with Crippen molar-refractivity contribution in [2.24, 2.45) is 0 Å². The first-order valence-electron chi connectivity index (χ1n) is 9.46. The van der Waals surface area contributed by atoms with Gasteiger partial charge in [-0.05, 0) is 30.4 Å². The minimum atomic E-state index is -0.00317. The minimum Gasteiger partial charge on any atom is -0.309 e. The van der Waals surface area contributed by atoms with Crippen molar-refractivity contribution in [3.63, 3.8) is 0 Å². The van der Waals surface area contributed by atoms with Crippen molar-refractivity contribution >= 4 is 33.2 Å². The number of H-pyrrole nitrogens is 1. The van der Waals surface area contributed by atoms with Gasteiger partial charge in [0.2, 0.25) is 0 Å². The summed E-state index contributed by atoms with van der Waals surface area (Å²) in [7, 11) is 0. The predicted molar refractivity (Wildman–Crippen MR) is 112 cm³/mol. The molecule has 0 saturated carbocycles. The highest BCUT2D eigenvalue weighted by Crippen LogP contribution is 2.32. The number of aryl methyl sites for hydroxylation is 1. The number of hydrogen-bond acceptors (Lipinski definition) is 4. The van der Waals surface area contributed by atoms with Gasteiger partial charge in [0.1, 0.15) is 10.7 Å². The van der Waals surface area contributed by atoms with Gasteiger partial charge in [-0.1, -0.05) is 48.6 Å². The monoisotopic (exact) mass is 375 g/mol. The lowest BCUT2D eigenvalue weighted by Crippen LogP contribution is -2.29. The van der Waals surface area contributed by atoms with Crippen LogP contribution in [-0.4, -0.2) is 28.0 Å². The third-order valence-electron chi connectivity index (χ3n) is 5.36. The van der Waals surface area contributed by atoms with Crippen LogP contribution < -0.4 is 5.56 Å². The van der Waals surface area contributed by atoms with Crippen LogP contribution in [0.1, 0.15) is 34.7 Å². The van der Waals surface area contributed by atoms with Crippen LogP contribution in [0.2, 0.25) is 0 Å². The summed E-state index contributed by atoms with van der Waals surface area (Å²) in [6.07, 6.45) is 9.61. The molecule has 1 aliphatic carbocycles. The highest BCUT2D eigenvalue weighted by molar-refractivity contribution is 7.19. The molecule has 4 nitrogen and oxygen atoms in total. The highest BCUT2D eigenvalue weighted by Gasteiger charge is 2.19. The van der Waals surface area contributed by atoms with Crippen molar-refractivity contribution in [3.05, 3.63) is 74.7 Å². The van der Waals surface area contributed by atoms with Gasteiger partial charge < -0.3 is 4.98 Å². The van der Waals surface area contributed by atoms with Gasteiger partial charge in [-0.2, -0.15) is 0 Å². The van der Waals surface area contributed by atoms with Crippen LogP contribution in [0.15, 0.2) is 47.3 Å². The zero-order valence-corrected chi connectivity index (χ0v) is 15.9. The molecule has 0 unspecified atom stereocenters. The third-order valence-corrected chi connectivity index (χ3v) is 6.52. The second-order valence-electron chi connectivity index (χ2n) is 7.15. The van der Waals surface area contributed by atoms with Crippen LogP contribution in [0.4, 0.5) is 0 Å². The summed E-state index contributed by atoms with van der Waals surface area (Å²) in [5.41, 5.74) is 3.79. The van der Waals surface area contributed by atoms with Crippen molar-refractivity contribution in [1.82, 2.24) is 14.9 Å². The van der Waals surface area contributed by atoms with Gasteiger partial charge in [0.25, 0.3) is 5.56 Å². The Morgan fingerprint density at radius 3 is 2.89 bits per heavy atom. The Labute approximate surface area is 161 Å². The van der Waals surface area contributed by atoms with Crippen molar-refractivity contribution < 1.29 is 0 Å². The normalized spacial score (nSPS) is 17.1. The third kappa shape index (κ3) is 3.17. The lowest BCUT2D eigenvalue weighted by atomic mass is 10.00. The fourth-order valence-electron chi connectivity index (χ4n) is 3.95. The summed E-state index contributed by atoms with van der Waals surface area (Å²) in [6, 6.07) is 10.6. The molecule has 0 radical (unpaired) electrons. The van der Waals surface area contributed by atoms with Gasteiger partial charge in [0, 0.05) is 23.5 Å². The molecular weight excluding hydrogens is 354 g/mol. The molecule has 0 fully saturated rings. The maximum atomic E-state index is 12.7. The molecule has 1 aliphatic heterocycles. The molecule has 3 heterocycles. The minimum absolute atomic E-state index is 0.00317. The number of fused-ring (bicyclic) bond motifs is 3. The van der Waals surface area contributed by atoms with Gasteiger partial charge in [-0.25, -0.2) is 4.98 Å². The fraction of sp³-hybridized carbons (Fsp3) is 0.273. The topological polar surface area (TPSA) is 49.0 Å². The number of benzene rings is 1. The molecule has 1 N–H and O–H groups in total. The van der Waals surface area contributed by atoms with E-state index in [-0.39, 0.29) is 5.56 Å². The standard InChI is InChI=1S/C22H21N3OS/c26-21-20-17-8-4-5-9-18(17)27-22(20)24-19(23-21)14-25-12-10-16(11-13-25)15-6-2-1-3-7-15/h1-4,6-8,10H,5,9,11-14H2,(H,23,24,26). The van der Waals surface area contributed by atoms with Crippen molar-refractivity contribution in [2.45, 2.75) is 25.8 Å². The summed E-state index contributed by atoms with van der Waals surface area (Å²) >= 11 is 1.67. The Morgan fingerprint density at radius 1 is 1.19 bits per heavy atom. The van der Waals surface area contributed by atoms with Crippen molar-refractivity contribution in [1.29, 1.82) is 0 Å². The summed E-state index contributed by atoms with van der Waals surface area (Å²) in [5, 5.41) is 0.764. The molecule has 136 valence electrons. The SMILES string of the molecule is O=c1[nH]c(CN2CC=C(c3ccccc3)CC2)nc2sc3c(c12)C=CCC3. The van der Waals surface area contributed by atoms with E-state index in [1.807, 2.05) is 0 Å². The van der Waals surface area contributed by atoms with E-state index in [1.54, 1.807) is 11.3 Å². The average molecular weight is 375 g/mol. The second-order valence-corrected chi connectivity index (χ2v) is 8.24. The molecule has 0 spiro atoms. The van der Waals surface area contributed by atoms with Gasteiger partial charge in [-0.3, -0.25) is 9.69 Å². The molecule has 0 bridgehead atoms. The van der Waals surface area contributed by atoms with E-state index >= 15 is 0 Å². The molecular formula is C22H21N3OS. The summed E-state index contributed by atoms with van der Waals surface area (Å²) in [5.74, 6) is 0.770. The Morgan fingerprint density at radius 2 is 2.07 bits per heavy atom. The molecule has 27 heavy (non-hydrogen) atoms. The van der Waals surface area contributed by atoms with Crippen molar-refractivity contribution in [3.8, 4) is 0 Å².